The molecule has 1 fully saturated rings. The normalized spacial score (nSPS) is 18.5. The zero-order valence-corrected chi connectivity index (χ0v) is 14.4. The van der Waals surface area contributed by atoms with Crippen LogP contribution in [0.15, 0.2) is 54.6 Å². The molecule has 0 bridgehead atoms. The number of thioether (sulfide) groups is 1. The predicted molar refractivity (Wildman–Crippen MR) is 97.7 cm³/mol. The zero-order chi connectivity index (χ0) is 16.1. The minimum Gasteiger partial charge on any atom is -0.342 e. The molecule has 1 unspecified atom stereocenters. The van der Waals surface area contributed by atoms with Gasteiger partial charge in [0.15, 0.2) is 0 Å². The molecule has 23 heavy (non-hydrogen) atoms. The van der Waals surface area contributed by atoms with Crippen molar-refractivity contribution in [2.45, 2.75) is 25.0 Å². The van der Waals surface area contributed by atoms with Crippen molar-refractivity contribution in [3.63, 3.8) is 0 Å². The molecule has 2 aromatic rings. The van der Waals surface area contributed by atoms with Crippen molar-refractivity contribution in [3.8, 4) is 0 Å². The molecule has 2 aromatic carbocycles. The van der Waals surface area contributed by atoms with E-state index in [2.05, 4.69) is 31.2 Å². The third-order valence-corrected chi connectivity index (χ3v) is 5.74. The van der Waals surface area contributed by atoms with E-state index in [1.54, 1.807) is 0 Å². The minimum atomic E-state index is 0.252. The molecule has 1 aliphatic heterocycles. The van der Waals surface area contributed by atoms with E-state index in [4.69, 9.17) is 0 Å². The highest BCUT2D eigenvalue weighted by Gasteiger charge is 2.22. The second-order valence-corrected chi connectivity index (χ2v) is 7.36. The van der Waals surface area contributed by atoms with E-state index >= 15 is 0 Å². The minimum absolute atomic E-state index is 0.252. The number of amides is 1. The molecule has 0 saturated carbocycles. The Kier molecular flexibility index (Phi) is 5.39. The number of carbonyl (C=O) groups excluding carboxylic acids is 1. The zero-order valence-electron chi connectivity index (χ0n) is 13.6. The molecule has 0 radical (unpaired) electrons. The van der Waals surface area contributed by atoms with Crippen LogP contribution in [0, 0.1) is 6.92 Å². The van der Waals surface area contributed by atoms with Gasteiger partial charge in [0, 0.05) is 24.1 Å². The summed E-state index contributed by atoms with van der Waals surface area (Å²) in [6.07, 6.45) is 1.55. The lowest BCUT2D eigenvalue weighted by atomic mass is 10.0. The van der Waals surface area contributed by atoms with Crippen LogP contribution in [0.5, 0.6) is 0 Å². The molecule has 1 amide bonds. The Balaban J connectivity index is 1.62. The van der Waals surface area contributed by atoms with Crippen LogP contribution >= 0.6 is 11.8 Å². The molecule has 0 aromatic heterocycles. The molecular formula is C20H23NOS. The van der Waals surface area contributed by atoms with E-state index in [9.17, 15) is 4.79 Å². The fourth-order valence-electron chi connectivity index (χ4n) is 3.10. The smallest absolute Gasteiger partial charge is 0.227 e. The summed E-state index contributed by atoms with van der Waals surface area (Å²) in [5, 5.41) is 0.505. The summed E-state index contributed by atoms with van der Waals surface area (Å²) >= 11 is 1.98. The van der Waals surface area contributed by atoms with Gasteiger partial charge in [-0.15, -0.1) is 0 Å². The van der Waals surface area contributed by atoms with Crippen molar-refractivity contribution in [3.05, 3.63) is 71.3 Å². The lowest BCUT2D eigenvalue weighted by Crippen LogP contribution is -2.34. The lowest BCUT2D eigenvalue weighted by Gasteiger charge is -2.20. The summed E-state index contributed by atoms with van der Waals surface area (Å²) in [7, 11) is 0. The van der Waals surface area contributed by atoms with Gasteiger partial charge < -0.3 is 4.90 Å². The van der Waals surface area contributed by atoms with Crippen molar-refractivity contribution in [2.75, 3.05) is 18.8 Å². The average molecular weight is 325 g/mol. The number of aryl methyl sites for hydroxylation is 1. The van der Waals surface area contributed by atoms with Gasteiger partial charge in [0.05, 0.1) is 6.42 Å². The van der Waals surface area contributed by atoms with Crippen LogP contribution < -0.4 is 0 Å². The standard InChI is InChI=1S/C20H23NOS/c1-16-7-5-6-10-18(16)19-11-12-21(13-14-23-19)20(22)15-17-8-3-2-4-9-17/h2-10,19H,11-15H2,1H3. The molecule has 1 heterocycles. The maximum absolute atomic E-state index is 12.5. The first-order valence-corrected chi connectivity index (χ1v) is 9.28. The molecule has 3 rings (SSSR count). The van der Waals surface area contributed by atoms with Crippen molar-refractivity contribution in [1.82, 2.24) is 4.90 Å². The van der Waals surface area contributed by atoms with Crippen LogP contribution in [-0.2, 0) is 11.2 Å². The maximum Gasteiger partial charge on any atom is 0.227 e. The van der Waals surface area contributed by atoms with Gasteiger partial charge in [-0.05, 0) is 30.0 Å². The summed E-state index contributed by atoms with van der Waals surface area (Å²) in [4.78, 5) is 14.6. The van der Waals surface area contributed by atoms with Gasteiger partial charge >= 0.3 is 0 Å². The third kappa shape index (κ3) is 4.17. The Labute approximate surface area is 142 Å². The molecule has 3 heteroatoms. The Morgan fingerprint density at radius 3 is 2.61 bits per heavy atom. The number of carbonyl (C=O) groups is 1. The van der Waals surface area contributed by atoms with Crippen molar-refractivity contribution >= 4 is 17.7 Å². The number of nitrogens with zero attached hydrogens (tertiary/aromatic N) is 1. The van der Waals surface area contributed by atoms with Gasteiger partial charge in [-0.1, -0.05) is 54.6 Å². The molecule has 0 aliphatic carbocycles. The van der Waals surface area contributed by atoms with E-state index in [1.165, 1.54) is 11.1 Å². The number of benzene rings is 2. The highest BCUT2D eigenvalue weighted by molar-refractivity contribution is 7.99. The fourth-order valence-corrected chi connectivity index (χ4v) is 4.42. The fraction of sp³-hybridized carbons (Fsp3) is 0.350. The molecule has 1 atom stereocenters. The summed E-state index contributed by atoms with van der Waals surface area (Å²) in [5.41, 5.74) is 3.88. The van der Waals surface area contributed by atoms with Gasteiger partial charge in [0.2, 0.25) is 5.91 Å². The van der Waals surface area contributed by atoms with Crippen molar-refractivity contribution < 1.29 is 4.79 Å². The molecule has 0 N–H and O–H groups in total. The predicted octanol–water partition coefficient (Wildman–Crippen LogP) is 4.24. The molecule has 1 aliphatic rings. The van der Waals surface area contributed by atoms with E-state index in [0.29, 0.717) is 11.7 Å². The Hall–Kier alpha value is -1.74. The summed E-state index contributed by atoms with van der Waals surface area (Å²) < 4.78 is 0. The number of hydrogen-bond acceptors (Lipinski definition) is 2. The Morgan fingerprint density at radius 1 is 1.09 bits per heavy atom. The van der Waals surface area contributed by atoms with Gasteiger partial charge in [-0.2, -0.15) is 11.8 Å². The van der Waals surface area contributed by atoms with E-state index < -0.39 is 0 Å². The Bertz CT molecular complexity index is 656. The molecule has 2 nitrogen and oxygen atoms in total. The van der Waals surface area contributed by atoms with Crippen LogP contribution in [0.3, 0.4) is 0 Å². The monoisotopic (exact) mass is 325 g/mol. The van der Waals surface area contributed by atoms with Crippen LogP contribution in [-0.4, -0.2) is 29.6 Å². The second kappa shape index (κ2) is 7.69. The topological polar surface area (TPSA) is 20.3 Å². The summed E-state index contributed by atoms with van der Waals surface area (Å²) in [5.74, 6) is 1.27. The van der Waals surface area contributed by atoms with E-state index in [1.807, 2.05) is 47.0 Å². The molecule has 1 saturated heterocycles. The average Bonchev–Trinajstić information content (AvgIpc) is 2.82. The van der Waals surface area contributed by atoms with Crippen LogP contribution in [0.1, 0.15) is 28.4 Å². The highest BCUT2D eigenvalue weighted by Crippen LogP contribution is 2.35. The van der Waals surface area contributed by atoms with Crippen molar-refractivity contribution in [1.29, 1.82) is 0 Å². The number of hydrogen-bond donors (Lipinski definition) is 0. The first kappa shape index (κ1) is 16.1. The van der Waals surface area contributed by atoms with Crippen LogP contribution in [0.2, 0.25) is 0 Å². The van der Waals surface area contributed by atoms with Gasteiger partial charge in [0.1, 0.15) is 0 Å². The largest absolute Gasteiger partial charge is 0.342 e. The van der Waals surface area contributed by atoms with Crippen LogP contribution in [0.4, 0.5) is 0 Å². The highest BCUT2D eigenvalue weighted by atomic mass is 32.2. The van der Waals surface area contributed by atoms with Crippen LogP contribution in [0.25, 0.3) is 0 Å². The van der Waals surface area contributed by atoms with Crippen molar-refractivity contribution in [2.24, 2.45) is 0 Å². The van der Waals surface area contributed by atoms with Gasteiger partial charge in [-0.3, -0.25) is 4.79 Å². The van der Waals surface area contributed by atoms with E-state index in [-0.39, 0.29) is 5.91 Å². The molecular weight excluding hydrogens is 302 g/mol. The molecule has 0 spiro atoms. The molecule has 120 valence electrons. The third-order valence-electron chi connectivity index (χ3n) is 4.43. The summed E-state index contributed by atoms with van der Waals surface area (Å²) in [6.45, 7) is 3.90. The maximum atomic E-state index is 12.5. The first-order valence-electron chi connectivity index (χ1n) is 8.23. The van der Waals surface area contributed by atoms with E-state index in [0.717, 1.165) is 30.8 Å². The summed E-state index contributed by atoms with van der Waals surface area (Å²) in [6, 6.07) is 18.7. The Morgan fingerprint density at radius 2 is 1.83 bits per heavy atom. The second-order valence-electron chi connectivity index (χ2n) is 6.05. The van der Waals surface area contributed by atoms with Gasteiger partial charge in [-0.25, -0.2) is 0 Å². The SMILES string of the molecule is Cc1ccccc1C1CCN(C(=O)Cc2ccccc2)CCS1. The van der Waals surface area contributed by atoms with Gasteiger partial charge in [0.25, 0.3) is 0 Å². The lowest BCUT2D eigenvalue weighted by molar-refractivity contribution is -0.130. The number of rotatable bonds is 3. The quantitative estimate of drug-likeness (QED) is 0.841. The first-order chi connectivity index (χ1) is 11.2.